The molecule has 0 spiro atoms. The topological polar surface area (TPSA) is 20.3 Å². The summed E-state index contributed by atoms with van der Waals surface area (Å²) in [5.41, 5.74) is 2.45. The van der Waals surface area contributed by atoms with E-state index in [0.717, 1.165) is 16.0 Å². The number of amides is 1. The molecule has 2 aromatic carbocycles. The Balaban J connectivity index is 2.16. The Bertz CT molecular complexity index is 625. The monoisotopic (exact) mass is 289 g/mol. The molecule has 0 aliphatic carbocycles. The molecule has 2 rings (SSSR count). The molecule has 0 fully saturated rings. The van der Waals surface area contributed by atoms with Crippen LogP contribution in [-0.2, 0) is 6.54 Å². The lowest BCUT2D eigenvalue weighted by Gasteiger charge is -2.18. The summed E-state index contributed by atoms with van der Waals surface area (Å²) in [5, 5.41) is 0. The average molecular weight is 289 g/mol. The summed E-state index contributed by atoms with van der Waals surface area (Å²) in [6, 6.07) is 11.7. The third kappa shape index (κ3) is 3.39. The van der Waals surface area contributed by atoms with Gasteiger partial charge in [-0.15, -0.1) is 12.6 Å². The normalized spacial score (nSPS) is 10.4. The number of hydrogen-bond acceptors (Lipinski definition) is 2. The summed E-state index contributed by atoms with van der Waals surface area (Å²) in [4.78, 5) is 14.8. The Morgan fingerprint density at radius 3 is 2.50 bits per heavy atom. The summed E-state index contributed by atoms with van der Waals surface area (Å²) in [5.74, 6) is -0.343. The lowest BCUT2D eigenvalue weighted by Crippen LogP contribution is -2.26. The molecule has 0 saturated heterocycles. The number of carbonyl (C=O) groups excluding carboxylic acids is 1. The van der Waals surface area contributed by atoms with Gasteiger partial charge in [0.05, 0.1) is 0 Å². The van der Waals surface area contributed by atoms with Crippen molar-refractivity contribution >= 4 is 18.5 Å². The second-order valence-electron chi connectivity index (χ2n) is 4.79. The standard InChI is InChI=1S/C16H16FNOS/c1-11-3-8-14(20)9-15(11)16(19)18(2)10-12-4-6-13(17)7-5-12/h3-9,20H,10H2,1-2H3. The van der Waals surface area contributed by atoms with Crippen LogP contribution in [0.5, 0.6) is 0 Å². The second-order valence-corrected chi connectivity index (χ2v) is 5.30. The largest absolute Gasteiger partial charge is 0.337 e. The molecule has 1 amide bonds. The molecular formula is C16H16FNOS. The van der Waals surface area contributed by atoms with Crippen LogP contribution in [0.25, 0.3) is 0 Å². The maximum atomic E-state index is 12.9. The van der Waals surface area contributed by atoms with E-state index in [4.69, 9.17) is 0 Å². The van der Waals surface area contributed by atoms with Crippen molar-refractivity contribution < 1.29 is 9.18 Å². The summed E-state index contributed by atoms with van der Waals surface area (Å²) in [6.45, 7) is 2.33. The highest BCUT2D eigenvalue weighted by molar-refractivity contribution is 7.80. The van der Waals surface area contributed by atoms with E-state index in [1.54, 1.807) is 30.1 Å². The van der Waals surface area contributed by atoms with Gasteiger partial charge in [-0.1, -0.05) is 18.2 Å². The number of halogens is 1. The first-order valence-electron chi connectivity index (χ1n) is 6.27. The van der Waals surface area contributed by atoms with Gasteiger partial charge in [0.1, 0.15) is 5.82 Å². The maximum Gasteiger partial charge on any atom is 0.254 e. The molecule has 2 nitrogen and oxygen atoms in total. The molecule has 0 aromatic heterocycles. The first-order valence-corrected chi connectivity index (χ1v) is 6.71. The van der Waals surface area contributed by atoms with Crippen molar-refractivity contribution in [1.82, 2.24) is 4.90 Å². The highest BCUT2D eigenvalue weighted by Crippen LogP contribution is 2.17. The predicted molar refractivity (Wildman–Crippen MR) is 80.6 cm³/mol. The van der Waals surface area contributed by atoms with E-state index >= 15 is 0 Å². The molecule has 0 unspecified atom stereocenters. The number of benzene rings is 2. The molecule has 0 N–H and O–H groups in total. The third-order valence-electron chi connectivity index (χ3n) is 3.13. The van der Waals surface area contributed by atoms with Crippen LogP contribution < -0.4 is 0 Å². The van der Waals surface area contributed by atoms with Crippen molar-refractivity contribution in [2.75, 3.05) is 7.05 Å². The van der Waals surface area contributed by atoms with E-state index in [1.165, 1.54) is 12.1 Å². The van der Waals surface area contributed by atoms with E-state index in [9.17, 15) is 9.18 Å². The van der Waals surface area contributed by atoms with E-state index in [2.05, 4.69) is 12.6 Å². The number of rotatable bonds is 3. The minimum absolute atomic E-state index is 0.0669. The number of hydrogen-bond donors (Lipinski definition) is 1. The molecule has 0 saturated carbocycles. The molecule has 0 aliphatic rings. The minimum Gasteiger partial charge on any atom is -0.337 e. The molecule has 2 aromatic rings. The van der Waals surface area contributed by atoms with Crippen molar-refractivity contribution in [2.45, 2.75) is 18.4 Å². The van der Waals surface area contributed by atoms with Gasteiger partial charge in [-0.2, -0.15) is 0 Å². The van der Waals surface area contributed by atoms with E-state index < -0.39 is 0 Å². The lowest BCUT2D eigenvalue weighted by atomic mass is 10.1. The van der Waals surface area contributed by atoms with Crippen LogP contribution in [0, 0.1) is 12.7 Å². The number of nitrogens with zero attached hydrogens (tertiary/aromatic N) is 1. The van der Waals surface area contributed by atoms with Gasteiger partial charge in [0.25, 0.3) is 5.91 Å². The van der Waals surface area contributed by atoms with Gasteiger partial charge < -0.3 is 4.90 Å². The quantitative estimate of drug-likeness (QED) is 0.854. The highest BCUT2D eigenvalue weighted by atomic mass is 32.1. The zero-order chi connectivity index (χ0) is 14.7. The van der Waals surface area contributed by atoms with Crippen molar-refractivity contribution in [2.24, 2.45) is 0 Å². The first kappa shape index (κ1) is 14.6. The SMILES string of the molecule is Cc1ccc(S)cc1C(=O)N(C)Cc1ccc(F)cc1. The van der Waals surface area contributed by atoms with Crippen LogP contribution in [0.3, 0.4) is 0 Å². The molecule has 0 bridgehead atoms. The van der Waals surface area contributed by atoms with Gasteiger partial charge in [0.15, 0.2) is 0 Å². The van der Waals surface area contributed by atoms with Gasteiger partial charge in [0, 0.05) is 24.1 Å². The fraction of sp³-hybridized carbons (Fsp3) is 0.188. The summed E-state index contributed by atoms with van der Waals surface area (Å²) >= 11 is 4.26. The first-order chi connectivity index (χ1) is 9.47. The average Bonchev–Trinajstić information content (AvgIpc) is 2.43. The van der Waals surface area contributed by atoms with E-state index in [-0.39, 0.29) is 11.7 Å². The van der Waals surface area contributed by atoms with Gasteiger partial charge in [0.2, 0.25) is 0 Å². The van der Waals surface area contributed by atoms with Crippen molar-refractivity contribution in [3.8, 4) is 0 Å². The van der Waals surface area contributed by atoms with Crippen molar-refractivity contribution in [3.63, 3.8) is 0 Å². The molecule has 4 heteroatoms. The Labute approximate surface area is 123 Å². The Hall–Kier alpha value is -1.81. The molecule has 0 heterocycles. The van der Waals surface area contributed by atoms with Crippen LogP contribution in [0.2, 0.25) is 0 Å². The second kappa shape index (κ2) is 6.09. The highest BCUT2D eigenvalue weighted by Gasteiger charge is 2.14. The van der Waals surface area contributed by atoms with Crippen molar-refractivity contribution in [3.05, 3.63) is 65.0 Å². The molecule has 20 heavy (non-hydrogen) atoms. The minimum atomic E-state index is -0.277. The third-order valence-corrected chi connectivity index (χ3v) is 3.41. The van der Waals surface area contributed by atoms with Gasteiger partial charge in [-0.3, -0.25) is 4.79 Å². The van der Waals surface area contributed by atoms with Gasteiger partial charge in [-0.25, -0.2) is 4.39 Å². The van der Waals surface area contributed by atoms with Gasteiger partial charge in [-0.05, 0) is 42.3 Å². The summed E-state index contributed by atoms with van der Waals surface area (Å²) in [7, 11) is 1.73. The van der Waals surface area contributed by atoms with Crippen LogP contribution in [0.1, 0.15) is 21.5 Å². The summed E-state index contributed by atoms with van der Waals surface area (Å²) < 4.78 is 12.9. The lowest BCUT2D eigenvalue weighted by molar-refractivity contribution is 0.0784. The molecule has 104 valence electrons. The molecule has 0 atom stereocenters. The Kier molecular flexibility index (Phi) is 4.45. The van der Waals surface area contributed by atoms with Crippen LogP contribution in [-0.4, -0.2) is 17.9 Å². The van der Waals surface area contributed by atoms with Gasteiger partial charge >= 0.3 is 0 Å². The zero-order valence-corrected chi connectivity index (χ0v) is 12.3. The fourth-order valence-electron chi connectivity index (χ4n) is 1.98. The van der Waals surface area contributed by atoms with Crippen molar-refractivity contribution in [1.29, 1.82) is 0 Å². The fourth-order valence-corrected chi connectivity index (χ4v) is 2.19. The molecular weight excluding hydrogens is 273 g/mol. The van der Waals surface area contributed by atoms with E-state index in [0.29, 0.717) is 12.1 Å². The number of aryl methyl sites for hydroxylation is 1. The van der Waals surface area contributed by atoms with Crippen LogP contribution in [0.4, 0.5) is 4.39 Å². The Morgan fingerprint density at radius 2 is 1.85 bits per heavy atom. The Morgan fingerprint density at radius 1 is 1.20 bits per heavy atom. The van der Waals surface area contributed by atoms with Crippen LogP contribution >= 0.6 is 12.6 Å². The van der Waals surface area contributed by atoms with Crippen LogP contribution in [0.15, 0.2) is 47.4 Å². The zero-order valence-electron chi connectivity index (χ0n) is 11.4. The number of thiol groups is 1. The maximum absolute atomic E-state index is 12.9. The smallest absolute Gasteiger partial charge is 0.254 e. The predicted octanol–water partition coefficient (Wildman–Crippen LogP) is 3.70. The summed E-state index contributed by atoms with van der Waals surface area (Å²) in [6.07, 6.45) is 0. The molecule has 0 radical (unpaired) electrons. The van der Waals surface area contributed by atoms with E-state index in [1.807, 2.05) is 19.1 Å². The number of carbonyl (C=O) groups is 1. The molecule has 0 aliphatic heterocycles.